The molecule has 1 unspecified atom stereocenters. The van der Waals surface area contributed by atoms with Crippen LogP contribution in [0.4, 0.5) is 0 Å². The summed E-state index contributed by atoms with van der Waals surface area (Å²) >= 11 is 1.89. The Morgan fingerprint density at radius 3 is 2.41 bits per heavy atom. The standard InChI is InChI=1S/C15H19NS/c1-10-6-5-7-13(8-10)15(16-4)14-9-11(2)12(3)17-14/h5-9,15-16H,1-4H3. The number of hydrogen-bond donors (Lipinski definition) is 1. The molecule has 0 aliphatic heterocycles. The minimum absolute atomic E-state index is 0.312. The molecule has 2 aromatic rings. The van der Waals surface area contributed by atoms with E-state index in [2.05, 4.69) is 56.4 Å². The third kappa shape index (κ3) is 2.59. The maximum Gasteiger partial charge on any atom is 0.0668 e. The second kappa shape index (κ2) is 5.03. The average molecular weight is 245 g/mol. The summed E-state index contributed by atoms with van der Waals surface area (Å²) in [5.74, 6) is 0. The molecule has 17 heavy (non-hydrogen) atoms. The molecule has 1 nitrogen and oxygen atoms in total. The number of rotatable bonds is 3. The summed E-state index contributed by atoms with van der Waals surface area (Å²) in [7, 11) is 2.03. The van der Waals surface area contributed by atoms with E-state index >= 15 is 0 Å². The third-order valence-corrected chi connectivity index (χ3v) is 4.35. The van der Waals surface area contributed by atoms with Gasteiger partial charge in [-0.25, -0.2) is 0 Å². The molecule has 0 saturated heterocycles. The minimum atomic E-state index is 0.312. The molecule has 1 atom stereocenters. The summed E-state index contributed by atoms with van der Waals surface area (Å²) in [6.45, 7) is 6.51. The number of hydrogen-bond acceptors (Lipinski definition) is 2. The molecule has 90 valence electrons. The van der Waals surface area contributed by atoms with E-state index in [0.29, 0.717) is 6.04 Å². The van der Waals surface area contributed by atoms with Crippen molar-refractivity contribution in [3.63, 3.8) is 0 Å². The van der Waals surface area contributed by atoms with Gasteiger partial charge in [-0.15, -0.1) is 11.3 Å². The lowest BCUT2D eigenvalue weighted by atomic mass is 10.0. The van der Waals surface area contributed by atoms with Crippen molar-refractivity contribution in [2.75, 3.05) is 7.05 Å². The molecular weight excluding hydrogens is 226 g/mol. The Labute approximate surface area is 108 Å². The van der Waals surface area contributed by atoms with Gasteiger partial charge in [-0.2, -0.15) is 0 Å². The monoisotopic (exact) mass is 245 g/mol. The van der Waals surface area contributed by atoms with Crippen LogP contribution in [0.15, 0.2) is 30.3 Å². The maximum absolute atomic E-state index is 3.41. The third-order valence-electron chi connectivity index (χ3n) is 3.13. The summed E-state index contributed by atoms with van der Waals surface area (Å²) in [4.78, 5) is 2.81. The topological polar surface area (TPSA) is 12.0 Å². The van der Waals surface area contributed by atoms with Gasteiger partial charge >= 0.3 is 0 Å². The lowest BCUT2D eigenvalue weighted by Crippen LogP contribution is -2.16. The van der Waals surface area contributed by atoms with E-state index in [1.54, 1.807) is 0 Å². The van der Waals surface area contributed by atoms with Gasteiger partial charge in [0.1, 0.15) is 0 Å². The normalized spacial score (nSPS) is 12.7. The molecule has 2 heteroatoms. The Hall–Kier alpha value is -1.12. The van der Waals surface area contributed by atoms with Crippen LogP contribution in [0.5, 0.6) is 0 Å². The van der Waals surface area contributed by atoms with E-state index in [1.807, 2.05) is 18.4 Å². The highest BCUT2D eigenvalue weighted by Gasteiger charge is 2.14. The van der Waals surface area contributed by atoms with Crippen LogP contribution < -0.4 is 5.32 Å². The molecule has 0 spiro atoms. The van der Waals surface area contributed by atoms with Gasteiger partial charge in [-0.3, -0.25) is 0 Å². The Balaban J connectivity index is 2.39. The predicted molar refractivity (Wildman–Crippen MR) is 75.9 cm³/mol. The van der Waals surface area contributed by atoms with Crippen LogP contribution >= 0.6 is 11.3 Å². The Kier molecular flexibility index (Phi) is 3.65. The van der Waals surface area contributed by atoms with Crippen LogP contribution in [0, 0.1) is 20.8 Å². The van der Waals surface area contributed by atoms with E-state index in [0.717, 1.165) is 0 Å². The highest BCUT2D eigenvalue weighted by Crippen LogP contribution is 2.30. The van der Waals surface area contributed by atoms with E-state index in [-0.39, 0.29) is 0 Å². The van der Waals surface area contributed by atoms with Crippen molar-refractivity contribution in [1.82, 2.24) is 5.32 Å². The fourth-order valence-electron chi connectivity index (χ4n) is 2.07. The fraction of sp³-hybridized carbons (Fsp3) is 0.333. The predicted octanol–water partition coefficient (Wildman–Crippen LogP) is 3.98. The van der Waals surface area contributed by atoms with Crippen molar-refractivity contribution in [1.29, 1.82) is 0 Å². The van der Waals surface area contributed by atoms with Crippen LogP contribution in [0.2, 0.25) is 0 Å². The first-order chi connectivity index (χ1) is 8.11. The van der Waals surface area contributed by atoms with E-state index in [1.165, 1.54) is 26.4 Å². The Morgan fingerprint density at radius 1 is 1.12 bits per heavy atom. The van der Waals surface area contributed by atoms with E-state index < -0.39 is 0 Å². The minimum Gasteiger partial charge on any atom is -0.309 e. The molecule has 0 aliphatic carbocycles. The first kappa shape index (κ1) is 12.3. The number of thiophene rings is 1. The van der Waals surface area contributed by atoms with Crippen molar-refractivity contribution in [3.05, 3.63) is 56.8 Å². The molecule has 2 rings (SSSR count). The lowest BCUT2D eigenvalue weighted by molar-refractivity contribution is 0.703. The average Bonchev–Trinajstić information content (AvgIpc) is 2.60. The molecule has 0 saturated carbocycles. The zero-order chi connectivity index (χ0) is 12.4. The van der Waals surface area contributed by atoms with Crippen LogP contribution in [0.1, 0.15) is 32.5 Å². The molecule has 1 N–H and O–H groups in total. The molecule has 1 heterocycles. The largest absolute Gasteiger partial charge is 0.309 e. The number of nitrogens with one attached hydrogen (secondary N) is 1. The highest BCUT2D eigenvalue weighted by atomic mass is 32.1. The van der Waals surface area contributed by atoms with E-state index in [4.69, 9.17) is 0 Å². The smallest absolute Gasteiger partial charge is 0.0668 e. The fourth-order valence-corrected chi connectivity index (χ4v) is 3.25. The summed E-state index contributed by atoms with van der Waals surface area (Å²) in [6.07, 6.45) is 0. The van der Waals surface area contributed by atoms with Crippen LogP contribution in [0.3, 0.4) is 0 Å². The van der Waals surface area contributed by atoms with Gasteiger partial charge in [-0.1, -0.05) is 29.8 Å². The van der Waals surface area contributed by atoms with Gasteiger partial charge in [0.2, 0.25) is 0 Å². The van der Waals surface area contributed by atoms with Crippen molar-refractivity contribution in [2.45, 2.75) is 26.8 Å². The van der Waals surface area contributed by atoms with E-state index in [9.17, 15) is 0 Å². The number of aryl methyl sites for hydroxylation is 3. The second-order valence-corrected chi connectivity index (χ2v) is 5.81. The molecule has 1 aromatic heterocycles. The first-order valence-corrected chi connectivity index (χ1v) is 6.74. The summed E-state index contributed by atoms with van der Waals surface area (Å²) in [5.41, 5.74) is 4.04. The molecule has 0 radical (unpaired) electrons. The van der Waals surface area contributed by atoms with Gasteiger partial charge in [0, 0.05) is 9.75 Å². The van der Waals surface area contributed by atoms with Crippen molar-refractivity contribution in [2.24, 2.45) is 0 Å². The van der Waals surface area contributed by atoms with Crippen molar-refractivity contribution >= 4 is 11.3 Å². The van der Waals surface area contributed by atoms with Crippen molar-refractivity contribution < 1.29 is 0 Å². The second-order valence-electron chi connectivity index (χ2n) is 4.52. The molecule has 0 fully saturated rings. The molecule has 0 bridgehead atoms. The van der Waals surface area contributed by atoms with Gasteiger partial charge < -0.3 is 5.32 Å². The maximum atomic E-state index is 3.41. The molecule has 0 amide bonds. The van der Waals surface area contributed by atoms with Gasteiger partial charge in [-0.05, 0) is 45.0 Å². The Bertz CT molecular complexity index is 494. The summed E-state index contributed by atoms with van der Waals surface area (Å²) in [6, 6.07) is 11.3. The van der Waals surface area contributed by atoms with Gasteiger partial charge in [0.25, 0.3) is 0 Å². The zero-order valence-corrected chi connectivity index (χ0v) is 11.7. The van der Waals surface area contributed by atoms with Gasteiger partial charge in [0.05, 0.1) is 6.04 Å². The Morgan fingerprint density at radius 2 is 1.88 bits per heavy atom. The number of benzene rings is 1. The molecule has 0 aliphatic rings. The SMILES string of the molecule is CNC(c1cccc(C)c1)c1cc(C)c(C)s1. The van der Waals surface area contributed by atoms with Crippen molar-refractivity contribution in [3.8, 4) is 0 Å². The lowest BCUT2D eigenvalue weighted by Gasteiger charge is -2.15. The highest BCUT2D eigenvalue weighted by molar-refractivity contribution is 7.12. The summed E-state index contributed by atoms with van der Waals surface area (Å²) in [5, 5.41) is 3.41. The van der Waals surface area contributed by atoms with Crippen LogP contribution in [0.25, 0.3) is 0 Å². The zero-order valence-electron chi connectivity index (χ0n) is 10.9. The first-order valence-electron chi connectivity index (χ1n) is 5.92. The van der Waals surface area contributed by atoms with Gasteiger partial charge in [0.15, 0.2) is 0 Å². The molecule has 1 aromatic carbocycles. The quantitative estimate of drug-likeness (QED) is 0.862. The molecular formula is C15H19NS. The van der Waals surface area contributed by atoms with Crippen LogP contribution in [-0.2, 0) is 0 Å². The summed E-state index contributed by atoms with van der Waals surface area (Å²) < 4.78 is 0. The van der Waals surface area contributed by atoms with Crippen LogP contribution in [-0.4, -0.2) is 7.05 Å².